The van der Waals surface area contributed by atoms with Crippen LogP contribution in [0.5, 0.6) is 5.75 Å². The number of para-hydroxylation sites is 1. The molecule has 2 nitrogen and oxygen atoms in total. The maximum Gasteiger partial charge on any atom is 0.125 e. The van der Waals surface area contributed by atoms with Crippen LogP contribution in [0.15, 0.2) is 24.3 Å². The van der Waals surface area contributed by atoms with Gasteiger partial charge in [-0.2, -0.15) is 0 Å². The normalized spacial score (nSPS) is 35.6. The predicted octanol–water partition coefficient (Wildman–Crippen LogP) is 3.45. The van der Waals surface area contributed by atoms with Gasteiger partial charge in [0.25, 0.3) is 0 Å². The van der Waals surface area contributed by atoms with E-state index in [9.17, 15) is 5.11 Å². The highest BCUT2D eigenvalue weighted by Gasteiger charge is 2.45. The van der Waals surface area contributed by atoms with Crippen molar-refractivity contribution in [1.82, 2.24) is 0 Å². The van der Waals surface area contributed by atoms with Gasteiger partial charge in [-0.15, -0.1) is 0 Å². The van der Waals surface area contributed by atoms with Crippen LogP contribution in [0.4, 0.5) is 0 Å². The second-order valence-corrected chi connectivity index (χ2v) is 5.56. The Balaban J connectivity index is 1.89. The molecule has 1 N–H and O–H groups in total. The number of hydrogen-bond acceptors (Lipinski definition) is 2. The number of benzene rings is 1. The first-order chi connectivity index (χ1) is 8.22. The molecule has 17 heavy (non-hydrogen) atoms. The zero-order valence-corrected chi connectivity index (χ0v) is 10.4. The highest BCUT2D eigenvalue weighted by atomic mass is 16.5. The van der Waals surface area contributed by atoms with Gasteiger partial charge in [0.2, 0.25) is 0 Å². The van der Waals surface area contributed by atoms with Crippen molar-refractivity contribution < 1.29 is 9.84 Å². The summed E-state index contributed by atoms with van der Waals surface area (Å²) >= 11 is 0. The minimum Gasteiger partial charge on any atom is -0.487 e. The van der Waals surface area contributed by atoms with Crippen molar-refractivity contribution in [2.24, 2.45) is 5.92 Å². The fraction of sp³-hybridized carbons (Fsp3) is 0.600. The summed E-state index contributed by atoms with van der Waals surface area (Å²) in [5.74, 6) is 1.66. The van der Waals surface area contributed by atoms with Crippen molar-refractivity contribution in [2.45, 2.75) is 50.7 Å². The first-order valence-corrected chi connectivity index (χ1v) is 6.68. The van der Waals surface area contributed by atoms with Crippen LogP contribution in [0.2, 0.25) is 0 Å². The highest BCUT2D eigenvalue weighted by molar-refractivity contribution is 5.38. The van der Waals surface area contributed by atoms with Gasteiger partial charge in [0.1, 0.15) is 11.4 Å². The molecule has 92 valence electrons. The van der Waals surface area contributed by atoms with Crippen LogP contribution in [-0.2, 0) is 0 Å². The average Bonchev–Trinajstić information content (AvgIpc) is 2.72. The van der Waals surface area contributed by atoms with E-state index in [0.29, 0.717) is 0 Å². The first kappa shape index (κ1) is 11.1. The summed E-state index contributed by atoms with van der Waals surface area (Å²) < 4.78 is 6.22. The maximum atomic E-state index is 10.3. The zero-order chi connectivity index (χ0) is 11.9. The molecule has 0 saturated heterocycles. The van der Waals surface area contributed by atoms with Crippen LogP contribution in [0, 0.1) is 5.92 Å². The van der Waals surface area contributed by atoms with Gasteiger partial charge < -0.3 is 9.84 Å². The van der Waals surface area contributed by atoms with Gasteiger partial charge in [-0.3, -0.25) is 0 Å². The van der Waals surface area contributed by atoms with Gasteiger partial charge in [-0.1, -0.05) is 31.5 Å². The third kappa shape index (κ3) is 1.85. The molecule has 2 aliphatic rings. The smallest absolute Gasteiger partial charge is 0.125 e. The van der Waals surface area contributed by atoms with E-state index in [1.807, 2.05) is 24.3 Å². The second-order valence-electron chi connectivity index (χ2n) is 5.56. The molecule has 2 unspecified atom stereocenters. The summed E-state index contributed by atoms with van der Waals surface area (Å²) in [6.45, 7) is 2.25. The van der Waals surface area contributed by atoms with Gasteiger partial charge in [-0.05, 0) is 31.2 Å². The van der Waals surface area contributed by atoms with Gasteiger partial charge in [-0.25, -0.2) is 0 Å². The quantitative estimate of drug-likeness (QED) is 0.803. The Morgan fingerprint density at radius 2 is 2.18 bits per heavy atom. The van der Waals surface area contributed by atoms with E-state index in [1.54, 1.807) is 0 Å². The van der Waals surface area contributed by atoms with Gasteiger partial charge >= 0.3 is 0 Å². The minimum atomic E-state index is -0.351. The molecule has 1 aliphatic heterocycles. The summed E-state index contributed by atoms with van der Waals surface area (Å²) in [4.78, 5) is 0. The van der Waals surface area contributed by atoms with Gasteiger partial charge in [0, 0.05) is 12.0 Å². The Morgan fingerprint density at radius 1 is 1.35 bits per heavy atom. The second kappa shape index (κ2) is 4.02. The van der Waals surface area contributed by atoms with Gasteiger partial charge in [0.05, 0.1) is 6.10 Å². The van der Waals surface area contributed by atoms with E-state index in [0.717, 1.165) is 36.5 Å². The molecule has 3 atom stereocenters. The Morgan fingerprint density at radius 3 is 2.94 bits per heavy atom. The Labute approximate surface area is 103 Å². The van der Waals surface area contributed by atoms with E-state index in [-0.39, 0.29) is 11.7 Å². The standard InChI is InChI=1S/C15H20O2/c1-2-11-7-8-15(9-11)10-13(16)12-5-3-4-6-14(12)17-15/h3-6,11,13,16H,2,7-10H2,1H3/t11?,13-,15?/m1/s1. The molecule has 1 aliphatic carbocycles. The fourth-order valence-electron chi connectivity index (χ4n) is 3.41. The largest absolute Gasteiger partial charge is 0.487 e. The number of ether oxygens (including phenoxy) is 1. The lowest BCUT2D eigenvalue weighted by atomic mass is 9.86. The molecule has 1 saturated carbocycles. The Hall–Kier alpha value is -1.02. The monoisotopic (exact) mass is 232 g/mol. The van der Waals surface area contributed by atoms with Crippen molar-refractivity contribution >= 4 is 0 Å². The molecule has 1 spiro atoms. The number of fused-ring (bicyclic) bond motifs is 1. The lowest BCUT2D eigenvalue weighted by molar-refractivity contribution is -0.0121. The molecular formula is C15H20O2. The molecule has 1 aromatic rings. The molecule has 0 radical (unpaired) electrons. The number of rotatable bonds is 1. The average molecular weight is 232 g/mol. The van der Waals surface area contributed by atoms with Crippen LogP contribution in [0.3, 0.4) is 0 Å². The molecule has 0 amide bonds. The number of hydrogen-bond donors (Lipinski definition) is 1. The van der Waals surface area contributed by atoms with Crippen LogP contribution in [0.1, 0.15) is 50.7 Å². The van der Waals surface area contributed by atoms with E-state index < -0.39 is 0 Å². The maximum absolute atomic E-state index is 10.3. The summed E-state index contributed by atoms with van der Waals surface area (Å²) in [6, 6.07) is 7.90. The molecule has 0 aromatic heterocycles. The van der Waals surface area contributed by atoms with Crippen LogP contribution >= 0.6 is 0 Å². The van der Waals surface area contributed by atoms with Crippen molar-refractivity contribution in [3.05, 3.63) is 29.8 Å². The number of aliphatic hydroxyl groups is 1. The van der Waals surface area contributed by atoms with Gasteiger partial charge in [0.15, 0.2) is 0 Å². The van der Waals surface area contributed by atoms with Crippen molar-refractivity contribution in [3.63, 3.8) is 0 Å². The summed E-state index contributed by atoms with van der Waals surface area (Å²) in [7, 11) is 0. The fourth-order valence-corrected chi connectivity index (χ4v) is 3.41. The van der Waals surface area contributed by atoms with E-state index in [2.05, 4.69) is 6.92 Å². The van der Waals surface area contributed by atoms with Crippen molar-refractivity contribution in [1.29, 1.82) is 0 Å². The molecule has 0 bridgehead atoms. The number of aliphatic hydroxyl groups excluding tert-OH is 1. The topological polar surface area (TPSA) is 29.5 Å². The van der Waals surface area contributed by atoms with E-state index in [4.69, 9.17) is 4.74 Å². The third-order valence-corrected chi connectivity index (χ3v) is 4.42. The highest BCUT2D eigenvalue weighted by Crippen LogP contribution is 2.49. The van der Waals surface area contributed by atoms with Crippen LogP contribution < -0.4 is 4.74 Å². The molecule has 1 aromatic carbocycles. The molecule has 3 rings (SSSR count). The summed E-state index contributed by atoms with van der Waals surface area (Å²) in [5, 5.41) is 10.3. The predicted molar refractivity (Wildman–Crippen MR) is 67.0 cm³/mol. The van der Waals surface area contributed by atoms with Crippen molar-refractivity contribution in [2.75, 3.05) is 0 Å². The lowest BCUT2D eigenvalue weighted by Gasteiger charge is -2.38. The van der Waals surface area contributed by atoms with Crippen LogP contribution in [-0.4, -0.2) is 10.7 Å². The molecular weight excluding hydrogens is 212 g/mol. The molecule has 1 heterocycles. The third-order valence-electron chi connectivity index (χ3n) is 4.42. The first-order valence-electron chi connectivity index (χ1n) is 6.68. The summed E-state index contributed by atoms with van der Waals surface area (Å²) in [5.41, 5.74) is 0.868. The minimum absolute atomic E-state index is 0.0888. The Bertz CT molecular complexity index is 415. The zero-order valence-electron chi connectivity index (χ0n) is 10.4. The molecule has 1 fully saturated rings. The van der Waals surface area contributed by atoms with Crippen molar-refractivity contribution in [3.8, 4) is 5.75 Å². The summed E-state index contributed by atoms with van der Waals surface area (Å²) in [6.07, 6.45) is 5.08. The molecule has 2 heteroatoms. The SMILES string of the molecule is CCC1CCC2(C1)C[C@@H](O)c1ccccc1O2. The van der Waals surface area contributed by atoms with E-state index >= 15 is 0 Å². The Kier molecular flexibility index (Phi) is 2.62. The lowest BCUT2D eigenvalue weighted by Crippen LogP contribution is -2.38. The van der Waals surface area contributed by atoms with E-state index in [1.165, 1.54) is 12.8 Å². The van der Waals surface area contributed by atoms with Crippen LogP contribution in [0.25, 0.3) is 0 Å².